The molecule has 2 heterocycles. The van der Waals surface area contributed by atoms with Gasteiger partial charge in [-0.25, -0.2) is 4.79 Å². The number of Topliss-reactive ketones (excluding diaryl/α,β-unsaturated/α-hetero) is 1. The van der Waals surface area contributed by atoms with Crippen LogP contribution < -0.4 is 4.90 Å². The van der Waals surface area contributed by atoms with E-state index in [1.807, 2.05) is 44.7 Å². The third-order valence-corrected chi connectivity index (χ3v) is 6.27. The van der Waals surface area contributed by atoms with Crippen LogP contribution in [-0.2, 0) is 4.74 Å². The lowest BCUT2D eigenvalue weighted by Crippen LogP contribution is -2.44. The van der Waals surface area contributed by atoms with Crippen molar-refractivity contribution in [3.05, 3.63) is 29.8 Å². The number of likely N-dealkylation sites (tertiary alicyclic amines) is 1. The molecule has 2 saturated heterocycles. The number of hydrogen-bond donors (Lipinski definition) is 0. The number of nitrogens with zero attached hydrogens (tertiary/aromatic N) is 2. The molecule has 5 heteroatoms. The topological polar surface area (TPSA) is 49.9 Å². The summed E-state index contributed by atoms with van der Waals surface area (Å²) in [5, 5.41) is 0. The molecule has 2 aliphatic heterocycles. The highest BCUT2D eigenvalue weighted by molar-refractivity contribution is 5.96. The molecule has 0 spiro atoms. The number of anilines is 1. The van der Waals surface area contributed by atoms with E-state index in [9.17, 15) is 9.59 Å². The molecule has 1 aromatic carbocycles. The van der Waals surface area contributed by atoms with E-state index in [2.05, 4.69) is 17.0 Å². The molecule has 0 aliphatic carbocycles. The van der Waals surface area contributed by atoms with Gasteiger partial charge in [-0.3, -0.25) is 4.79 Å². The fourth-order valence-electron chi connectivity index (χ4n) is 4.57. The van der Waals surface area contributed by atoms with E-state index in [4.69, 9.17) is 4.74 Å². The van der Waals surface area contributed by atoms with Crippen molar-refractivity contribution < 1.29 is 14.3 Å². The predicted molar refractivity (Wildman–Crippen MR) is 117 cm³/mol. The number of ketones is 1. The first-order valence-corrected chi connectivity index (χ1v) is 11.1. The van der Waals surface area contributed by atoms with E-state index in [0.717, 1.165) is 50.5 Å². The first-order chi connectivity index (χ1) is 13.8. The summed E-state index contributed by atoms with van der Waals surface area (Å²) in [6.45, 7) is 11.4. The normalized spacial score (nSPS) is 19.3. The number of amides is 1. The van der Waals surface area contributed by atoms with Crippen LogP contribution in [0.25, 0.3) is 0 Å². The van der Waals surface area contributed by atoms with Crippen LogP contribution in [-0.4, -0.2) is 48.6 Å². The van der Waals surface area contributed by atoms with Crippen molar-refractivity contribution in [3.63, 3.8) is 0 Å². The van der Waals surface area contributed by atoms with Gasteiger partial charge in [0.05, 0.1) is 0 Å². The van der Waals surface area contributed by atoms with Crippen LogP contribution in [0.1, 0.15) is 70.2 Å². The van der Waals surface area contributed by atoms with Crippen molar-refractivity contribution in [2.45, 2.75) is 65.4 Å². The van der Waals surface area contributed by atoms with E-state index >= 15 is 0 Å². The number of hydrogen-bond acceptors (Lipinski definition) is 4. The Hall–Kier alpha value is -2.04. The molecule has 1 amide bonds. The van der Waals surface area contributed by atoms with Gasteiger partial charge in [-0.05, 0) is 82.6 Å². The van der Waals surface area contributed by atoms with E-state index in [-0.39, 0.29) is 11.9 Å². The maximum Gasteiger partial charge on any atom is 0.410 e. The molecule has 160 valence electrons. The van der Waals surface area contributed by atoms with E-state index < -0.39 is 5.60 Å². The maximum absolute atomic E-state index is 12.3. The number of rotatable bonds is 4. The van der Waals surface area contributed by atoms with Crippen molar-refractivity contribution in [1.82, 2.24) is 4.90 Å². The zero-order chi connectivity index (χ0) is 21.0. The largest absolute Gasteiger partial charge is 0.444 e. The molecule has 0 N–H and O–H groups in total. The number of piperidine rings is 2. The van der Waals surface area contributed by atoms with Crippen LogP contribution in [0.5, 0.6) is 0 Å². The Balaban J connectivity index is 1.45. The molecule has 3 rings (SSSR count). The Morgan fingerprint density at radius 1 is 0.931 bits per heavy atom. The summed E-state index contributed by atoms with van der Waals surface area (Å²) >= 11 is 0. The van der Waals surface area contributed by atoms with Crippen LogP contribution >= 0.6 is 0 Å². The smallest absolute Gasteiger partial charge is 0.410 e. The van der Waals surface area contributed by atoms with Crippen LogP contribution in [0, 0.1) is 11.8 Å². The zero-order valence-electron chi connectivity index (χ0n) is 18.4. The summed E-state index contributed by atoms with van der Waals surface area (Å²) in [4.78, 5) is 28.4. The zero-order valence-corrected chi connectivity index (χ0v) is 18.4. The molecular weight excluding hydrogens is 364 g/mol. The second-order valence-electron chi connectivity index (χ2n) is 9.45. The third kappa shape index (κ3) is 5.74. The van der Waals surface area contributed by atoms with Crippen LogP contribution in [0.2, 0.25) is 0 Å². The average molecular weight is 401 g/mol. The van der Waals surface area contributed by atoms with E-state index in [0.29, 0.717) is 12.3 Å². The number of carbonyl (C=O) groups excluding carboxylic acids is 2. The SMILES string of the molecule is CCC(=O)c1ccc(N2CCC(C3CCN(C(=O)OC(C)(C)C)CC3)CC2)cc1. The quantitative estimate of drug-likeness (QED) is 0.657. The van der Waals surface area contributed by atoms with Gasteiger partial charge in [0.25, 0.3) is 0 Å². The second-order valence-corrected chi connectivity index (χ2v) is 9.45. The minimum atomic E-state index is -0.428. The summed E-state index contributed by atoms with van der Waals surface area (Å²) in [5.74, 6) is 1.65. The number of benzene rings is 1. The van der Waals surface area contributed by atoms with Crippen LogP contribution in [0.3, 0.4) is 0 Å². The number of carbonyl (C=O) groups is 2. The summed E-state index contributed by atoms with van der Waals surface area (Å²) < 4.78 is 5.51. The van der Waals surface area contributed by atoms with Crippen molar-refractivity contribution in [3.8, 4) is 0 Å². The molecular formula is C24H36N2O3. The van der Waals surface area contributed by atoms with E-state index in [1.54, 1.807) is 0 Å². The number of ether oxygens (including phenoxy) is 1. The van der Waals surface area contributed by atoms with E-state index in [1.165, 1.54) is 18.5 Å². The lowest BCUT2D eigenvalue weighted by atomic mass is 9.79. The van der Waals surface area contributed by atoms with Gasteiger partial charge in [0.2, 0.25) is 0 Å². The molecule has 5 nitrogen and oxygen atoms in total. The summed E-state index contributed by atoms with van der Waals surface area (Å²) in [6, 6.07) is 8.09. The molecule has 0 aromatic heterocycles. The van der Waals surface area contributed by atoms with Gasteiger partial charge in [-0.2, -0.15) is 0 Å². The third-order valence-electron chi connectivity index (χ3n) is 6.27. The molecule has 29 heavy (non-hydrogen) atoms. The van der Waals surface area contributed by atoms with Gasteiger partial charge < -0.3 is 14.5 Å². The van der Waals surface area contributed by atoms with Gasteiger partial charge in [-0.1, -0.05) is 6.92 Å². The highest BCUT2D eigenvalue weighted by atomic mass is 16.6. The summed E-state index contributed by atoms with van der Waals surface area (Å²) in [6.07, 6.45) is 4.95. The van der Waals surface area contributed by atoms with Crippen molar-refractivity contribution in [2.75, 3.05) is 31.1 Å². The van der Waals surface area contributed by atoms with Gasteiger partial charge in [0, 0.05) is 43.9 Å². The molecule has 0 unspecified atom stereocenters. The van der Waals surface area contributed by atoms with Gasteiger partial charge in [-0.15, -0.1) is 0 Å². The molecule has 0 saturated carbocycles. The molecule has 2 aliphatic rings. The fourth-order valence-corrected chi connectivity index (χ4v) is 4.57. The minimum Gasteiger partial charge on any atom is -0.444 e. The lowest BCUT2D eigenvalue weighted by molar-refractivity contribution is 0.0152. The average Bonchev–Trinajstić information content (AvgIpc) is 2.72. The summed E-state index contributed by atoms with van der Waals surface area (Å²) in [5.41, 5.74) is 1.60. The fraction of sp³-hybridized carbons (Fsp3) is 0.667. The molecule has 0 atom stereocenters. The second kappa shape index (κ2) is 9.19. The Morgan fingerprint density at radius 2 is 1.45 bits per heavy atom. The van der Waals surface area contributed by atoms with Crippen LogP contribution in [0.15, 0.2) is 24.3 Å². The standard InChI is InChI=1S/C24H36N2O3/c1-5-22(27)20-6-8-21(9-7-20)25-14-10-18(11-15-25)19-12-16-26(17-13-19)23(28)29-24(2,3)4/h6-9,18-19H,5,10-17H2,1-4H3. The van der Waals surface area contributed by atoms with Gasteiger partial charge in [0.1, 0.15) is 5.60 Å². The molecule has 2 fully saturated rings. The summed E-state index contributed by atoms with van der Waals surface area (Å²) in [7, 11) is 0. The van der Waals surface area contributed by atoms with Crippen molar-refractivity contribution >= 4 is 17.6 Å². The highest BCUT2D eigenvalue weighted by Gasteiger charge is 2.32. The Bertz CT molecular complexity index is 692. The Kier molecular flexibility index (Phi) is 6.86. The maximum atomic E-state index is 12.3. The van der Waals surface area contributed by atoms with Gasteiger partial charge in [0.15, 0.2) is 5.78 Å². The monoisotopic (exact) mass is 400 g/mol. The minimum absolute atomic E-state index is 0.171. The van der Waals surface area contributed by atoms with Crippen molar-refractivity contribution in [2.24, 2.45) is 11.8 Å². The predicted octanol–water partition coefficient (Wildman–Crippen LogP) is 5.14. The Morgan fingerprint density at radius 3 is 1.93 bits per heavy atom. The highest BCUT2D eigenvalue weighted by Crippen LogP contribution is 2.34. The van der Waals surface area contributed by atoms with Crippen LogP contribution in [0.4, 0.5) is 10.5 Å². The van der Waals surface area contributed by atoms with Gasteiger partial charge >= 0.3 is 6.09 Å². The lowest BCUT2D eigenvalue weighted by Gasteiger charge is -2.41. The van der Waals surface area contributed by atoms with Crippen molar-refractivity contribution in [1.29, 1.82) is 0 Å². The molecule has 1 aromatic rings. The molecule has 0 radical (unpaired) electrons. The first-order valence-electron chi connectivity index (χ1n) is 11.1. The molecule has 0 bridgehead atoms. The Labute approximate surface area is 175 Å². The first kappa shape index (κ1) is 21.7.